The van der Waals surface area contributed by atoms with Crippen LogP contribution in [0.25, 0.3) is 0 Å². The molecule has 2 aromatic rings. The first kappa shape index (κ1) is 22.8. The summed E-state index contributed by atoms with van der Waals surface area (Å²) >= 11 is 3.58. The molecule has 0 spiro atoms. The number of hydrogen-bond donors (Lipinski definition) is 3. The number of carbonyl (C=O) groups excluding carboxylic acids is 1. The number of hydrogen-bond acceptors (Lipinski definition) is 6. The molecule has 2 aliphatic rings. The van der Waals surface area contributed by atoms with Gasteiger partial charge in [0.15, 0.2) is 5.54 Å². The quantitative estimate of drug-likeness (QED) is 0.325. The van der Waals surface area contributed by atoms with Crippen molar-refractivity contribution in [2.24, 2.45) is 10.9 Å². The Kier molecular flexibility index (Phi) is 7.44. The molecule has 1 aliphatic heterocycles. The van der Waals surface area contributed by atoms with Crippen molar-refractivity contribution >= 4 is 27.7 Å². The number of aliphatic hydroxyl groups is 1. The second-order valence-electron chi connectivity index (χ2n) is 8.23. The number of nitrogens with one attached hydrogen (secondary N) is 2. The van der Waals surface area contributed by atoms with Crippen LogP contribution in [0.15, 0.2) is 58.0 Å². The smallest absolute Gasteiger partial charge is 0.266 e. The summed E-state index contributed by atoms with van der Waals surface area (Å²) in [6, 6.07) is 15.3. The number of aliphatic hydroxyl groups excluding tert-OH is 1. The predicted molar refractivity (Wildman–Crippen MR) is 126 cm³/mol. The molecule has 1 amide bonds. The van der Waals surface area contributed by atoms with E-state index in [1.54, 1.807) is 0 Å². The maximum absolute atomic E-state index is 13.2. The van der Waals surface area contributed by atoms with Crippen molar-refractivity contribution in [1.29, 1.82) is 0 Å². The van der Waals surface area contributed by atoms with Crippen LogP contribution in [0.5, 0.6) is 5.75 Å². The van der Waals surface area contributed by atoms with E-state index >= 15 is 0 Å². The molecule has 0 aromatic heterocycles. The number of rotatable bonds is 11. The molecule has 0 radical (unpaired) electrons. The SMILES string of the molecule is O=C(NNCC1CC1)[C@]1(Cc2ccccc2Br)COC(c2ccc(OCCCO)cc2)=N1. The second-order valence-corrected chi connectivity index (χ2v) is 9.09. The van der Waals surface area contributed by atoms with Crippen LogP contribution in [0.3, 0.4) is 0 Å². The van der Waals surface area contributed by atoms with E-state index < -0.39 is 5.54 Å². The normalized spacial score (nSPS) is 19.9. The highest BCUT2D eigenvalue weighted by atomic mass is 79.9. The van der Waals surface area contributed by atoms with Crippen molar-refractivity contribution in [1.82, 2.24) is 10.9 Å². The van der Waals surface area contributed by atoms with Crippen LogP contribution >= 0.6 is 15.9 Å². The molecule has 32 heavy (non-hydrogen) atoms. The van der Waals surface area contributed by atoms with Crippen LogP contribution in [0.1, 0.15) is 30.4 Å². The summed E-state index contributed by atoms with van der Waals surface area (Å²) in [6.45, 7) is 1.48. The zero-order chi connectivity index (χ0) is 22.4. The summed E-state index contributed by atoms with van der Waals surface area (Å²) < 4.78 is 12.5. The Morgan fingerprint density at radius 3 is 2.72 bits per heavy atom. The summed E-state index contributed by atoms with van der Waals surface area (Å²) in [5.74, 6) is 1.60. The van der Waals surface area contributed by atoms with Crippen molar-refractivity contribution < 1.29 is 19.4 Å². The lowest BCUT2D eigenvalue weighted by molar-refractivity contribution is -0.127. The zero-order valence-corrected chi connectivity index (χ0v) is 19.4. The Hall–Kier alpha value is -2.42. The molecule has 0 saturated heterocycles. The fourth-order valence-electron chi connectivity index (χ4n) is 3.50. The minimum atomic E-state index is -1.06. The number of benzene rings is 2. The lowest BCUT2D eigenvalue weighted by Crippen LogP contribution is -2.53. The van der Waals surface area contributed by atoms with Gasteiger partial charge < -0.3 is 14.6 Å². The fourth-order valence-corrected chi connectivity index (χ4v) is 3.93. The van der Waals surface area contributed by atoms with E-state index in [2.05, 4.69) is 26.8 Å². The van der Waals surface area contributed by atoms with Crippen LogP contribution in [-0.4, -0.2) is 48.8 Å². The van der Waals surface area contributed by atoms with Gasteiger partial charge in [0.1, 0.15) is 12.4 Å². The molecule has 7 nitrogen and oxygen atoms in total. The number of halogens is 1. The predicted octanol–water partition coefficient (Wildman–Crippen LogP) is 3.00. The molecule has 2 aromatic carbocycles. The Balaban J connectivity index is 1.52. The van der Waals surface area contributed by atoms with Gasteiger partial charge in [-0.15, -0.1) is 0 Å². The third-order valence-electron chi connectivity index (χ3n) is 5.59. The molecule has 1 heterocycles. The first-order valence-corrected chi connectivity index (χ1v) is 11.7. The topological polar surface area (TPSA) is 92.2 Å². The van der Waals surface area contributed by atoms with E-state index in [9.17, 15) is 4.79 Å². The fraction of sp³-hybridized carbons (Fsp3) is 0.417. The first-order chi connectivity index (χ1) is 15.6. The van der Waals surface area contributed by atoms with Crippen molar-refractivity contribution in [3.63, 3.8) is 0 Å². The lowest BCUT2D eigenvalue weighted by Gasteiger charge is -2.24. The van der Waals surface area contributed by atoms with Gasteiger partial charge in [0, 0.05) is 36.0 Å². The van der Waals surface area contributed by atoms with E-state index in [4.69, 9.17) is 19.6 Å². The molecule has 0 unspecified atom stereocenters. The summed E-state index contributed by atoms with van der Waals surface area (Å²) in [5.41, 5.74) is 6.63. The number of ether oxygens (including phenoxy) is 2. The van der Waals surface area contributed by atoms with Gasteiger partial charge in [-0.25, -0.2) is 10.4 Å². The van der Waals surface area contributed by atoms with Crippen LogP contribution in [0.4, 0.5) is 0 Å². The highest BCUT2D eigenvalue weighted by Crippen LogP contribution is 2.30. The van der Waals surface area contributed by atoms with Gasteiger partial charge in [0.25, 0.3) is 5.91 Å². The second kappa shape index (κ2) is 10.5. The van der Waals surface area contributed by atoms with E-state index in [1.807, 2.05) is 48.5 Å². The highest BCUT2D eigenvalue weighted by Gasteiger charge is 2.45. The van der Waals surface area contributed by atoms with Gasteiger partial charge in [-0.1, -0.05) is 34.1 Å². The Morgan fingerprint density at radius 1 is 1.22 bits per heavy atom. The van der Waals surface area contributed by atoms with Crippen LogP contribution in [0.2, 0.25) is 0 Å². The van der Waals surface area contributed by atoms with Crippen LogP contribution in [0, 0.1) is 5.92 Å². The average molecular weight is 502 g/mol. The van der Waals surface area contributed by atoms with Gasteiger partial charge in [-0.3, -0.25) is 10.2 Å². The maximum atomic E-state index is 13.2. The van der Waals surface area contributed by atoms with Crippen LogP contribution < -0.4 is 15.6 Å². The molecule has 1 fully saturated rings. The number of aliphatic imine (C=N–C) groups is 1. The van der Waals surface area contributed by atoms with Gasteiger partial charge in [0.05, 0.1) is 6.61 Å². The maximum Gasteiger partial charge on any atom is 0.266 e. The standard InChI is InChI=1S/C24H28BrN3O4/c25-21-5-2-1-4-19(21)14-24(23(30)28-26-15-17-6-7-17)16-32-22(27-24)18-8-10-20(11-9-18)31-13-3-12-29/h1-2,4-5,8-11,17,26,29H,3,6-7,12-16H2,(H,28,30)/t24-/m0/s1. The van der Waals surface area contributed by atoms with Crippen LogP contribution in [-0.2, 0) is 16.0 Å². The monoisotopic (exact) mass is 501 g/mol. The summed E-state index contributed by atoms with van der Waals surface area (Å²) in [6.07, 6.45) is 3.41. The minimum absolute atomic E-state index is 0.0971. The third kappa shape index (κ3) is 5.68. The molecule has 1 aliphatic carbocycles. The van der Waals surface area contributed by atoms with Gasteiger partial charge in [-0.2, -0.15) is 0 Å². The average Bonchev–Trinajstić information content (AvgIpc) is 3.53. The van der Waals surface area contributed by atoms with Gasteiger partial charge in [-0.05, 0) is 54.7 Å². The molecular formula is C24H28BrN3O4. The summed E-state index contributed by atoms with van der Waals surface area (Å²) in [7, 11) is 0. The molecule has 0 bridgehead atoms. The number of hydrazine groups is 1. The summed E-state index contributed by atoms with van der Waals surface area (Å²) in [4.78, 5) is 18.0. The van der Waals surface area contributed by atoms with Crippen molar-refractivity contribution in [3.8, 4) is 5.75 Å². The van der Waals surface area contributed by atoms with Crippen molar-refractivity contribution in [2.45, 2.75) is 31.2 Å². The Morgan fingerprint density at radius 2 is 2.00 bits per heavy atom. The lowest BCUT2D eigenvalue weighted by atomic mass is 9.91. The van der Waals surface area contributed by atoms with Crippen molar-refractivity contribution in [3.05, 3.63) is 64.1 Å². The number of amides is 1. The molecule has 3 N–H and O–H groups in total. The Bertz CT molecular complexity index is 962. The molecule has 1 atom stereocenters. The zero-order valence-electron chi connectivity index (χ0n) is 17.9. The number of nitrogens with zero attached hydrogens (tertiary/aromatic N) is 1. The molecule has 170 valence electrons. The largest absolute Gasteiger partial charge is 0.494 e. The summed E-state index contributed by atoms with van der Waals surface area (Å²) in [5, 5.41) is 8.88. The number of carbonyl (C=O) groups is 1. The molecular weight excluding hydrogens is 474 g/mol. The van der Waals surface area contributed by atoms with E-state index in [-0.39, 0.29) is 19.1 Å². The highest BCUT2D eigenvalue weighted by molar-refractivity contribution is 9.10. The third-order valence-corrected chi connectivity index (χ3v) is 6.36. The molecule has 8 heteroatoms. The van der Waals surface area contributed by atoms with E-state index in [0.717, 1.165) is 22.1 Å². The van der Waals surface area contributed by atoms with Crippen molar-refractivity contribution in [2.75, 3.05) is 26.4 Å². The first-order valence-electron chi connectivity index (χ1n) is 10.9. The van der Waals surface area contributed by atoms with E-state index in [1.165, 1.54) is 12.8 Å². The molecule has 1 saturated carbocycles. The van der Waals surface area contributed by atoms with Gasteiger partial charge in [0.2, 0.25) is 5.90 Å². The van der Waals surface area contributed by atoms with Gasteiger partial charge >= 0.3 is 0 Å². The molecule has 4 rings (SSSR count). The van der Waals surface area contributed by atoms with E-state index in [0.29, 0.717) is 37.0 Å². The Labute approximate surface area is 196 Å². The minimum Gasteiger partial charge on any atom is -0.494 e.